The number of rotatable bonds is 6. The normalized spacial score (nSPS) is 11.7. The number of benzene rings is 1. The molecular weight excluding hydrogens is 330 g/mol. The number of nitrogens with zero attached hydrogens (tertiary/aromatic N) is 3. The van der Waals surface area contributed by atoms with E-state index in [0.717, 1.165) is 24.7 Å². The minimum Gasteiger partial charge on any atom is -0.357 e. The number of hydrogen-bond acceptors (Lipinski definition) is 3. The third kappa shape index (κ3) is 5.01. The Hall–Kier alpha value is -1.95. The fourth-order valence-corrected chi connectivity index (χ4v) is 3.43. The maximum atomic E-state index is 4.76. The Morgan fingerprint density at radius 1 is 1.24 bits per heavy atom. The Morgan fingerprint density at radius 2 is 2.00 bits per heavy atom. The zero-order valence-corrected chi connectivity index (χ0v) is 16.9. The largest absolute Gasteiger partial charge is 0.357 e. The molecule has 0 bridgehead atoms. The molecular formula is C19H29N5S. The molecule has 0 spiro atoms. The molecule has 0 unspecified atom stereocenters. The van der Waals surface area contributed by atoms with Gasteiger partial charge >= 0.3 is 0 Å². The molecule has 0 aliphatic rings. The molecule has 0 aliphatic heterocycles. The molecule has 5 nitrogen and oxygen atoms in total. The van der Waals surface area contributed by atoms with E-state index in [-0.39, 0.29) is 0 Å². The van der Waals surface area contributed by atoms with E-state index in [9.17, 15) is 0 Å². The summed E-state index contributed by atoms with van der Waals surface area (Å²) in [4.78, 5) is 6.05. The molecule has 0 radical (unpaired) electrons. The lowest BCUT2D eigenvalue weighted by Gasteiger charge is -2.12. The van der Waals surface area contributed by atoms with Crippen LogP contribution in [0.2, 0.25) is 0 Å². The Balaban J connectivity index is 2.10. The molecule has 0 saturated heterocycles. The van der Waals surface area contributed by atoms with Crippen LogP contribution in [0.1, 0.15) is 35.0 Å². The second-order valence-electron chi connectivity index (χ2n) is 6.14. The summed E-state index contributed by atoms with van der Waals surface area (Å²) in [6.45, 7) is 10.6. The summed E-state index contributed by atoms with van der Waals surface area (Å²) in [5.41, 5.74) is 6.01. The monoisotopic (exact) mass is 359 g/mol. The molecule has 6 heteroatoms. The standard InChI is InChI=1S/C19H29N5S/c1-7-20-19(22-12-17-14(3)23-24(5)15(17)4)21-11-16-9-8-13(2)10-18(16)25-6/h8-10H,7,11-12H2,1-6H3,(H2,20,21,22). The highest BCUT2D eigenvalue weighted by Crippen LogP contribution is 2.22. The molecule has 0 saturated carbocycles. The van der Waals surface area contributed by atoms with Gasteiger partial charge in [0, 0.05) is 36.3 Å². The summed E-state index contributed by atoms with van der Waals surface area (Å²) in [5.74, 6) is 0.831. The molecule has 0 amide bonds. The van der Waals surface area contributed by atoms with Crippen molar-refractivity contribution < 1.29 is 0 Å². The summed E-state index contributed by atoms with van der Waals surface area (Å²) < 4.78 is 1.92. The van der Waals surface area contributed by atoms with Crippen LogP contribution in [0.5, 0.6) is 0 Å². The number of thioether (sulfide) groups is 1. The number of guanidine groups is 1. The summed E-state index contributed by atoms with van der Waals surface area (Å²) in [6.07, 6.45) is 2.11. The van der Waals surface area contributed by atoms with Crippen molar-refractivity contribution in [3.63, 3.8) is 0 Å². The van der Waals surface area contributed by atoms with Gasteiger partial charge < -0.3 is 10.6 Å². The number of hydrogen-bond donors (Lipinski definition) is 2. The minimum atomic E-state index is 0.663. The van der Waals surface area contributed by atoms with Crippen LogP contribution in [-0.2, 0) is 20.1 Å². The van der Waals surface area contributed by atoms with E-state index in [2.05, 4.69) is 61.0 Å². The van der Waals surface area contributed by atoms with Crippen molar-refractivity contribution in [1.82, 2.24) is 20.4 Å². The second-order valence-corrected chi connectivity index (χ2v) is 6.99. The van der Waals surface area contributed by atoms with E-state index in [4.69, 9.17) is 4.99 Å². The lowest BCUT2D eigenvalue weighted by atomic mass is 10.1. The van der Waals surface area contributed by atoms with E-state index < -0.39 is 0 Å². The topological polar surface area (TPSA) is 54.2 Å². The van der Waals surface area contributed by atoms with Crippen LogP contribution >= 0.6 is 11.8 Å². The molecule has 2 aromatic rings. The SMILES string of the molecule is CCNC(=NCc1ccc(C)cc1SC)NCc1c(C)nn(C)c1C. The van der Waals surface area contributed by atoms with Crippen molar-refractivity contribution in [1.29, 1.82) is 0 Å². The molecule has 2 rings (SSSR count). The molecule has 1 aromatic carbocycles. The van der Waals surface area contributed by atoms with Gasteiger partial charge in [0.05, 0.1) is 12.2 Å². The molecule has 2 N–H and O–H groups in total. The van der Waals surface area contributed by atoms with Crippen LogP contribution in [0.25, 0.3) is 0 Å². The van der Waals surface area contributed by atoms with Crippen LogP contribution in [0.15, 0.2) is 28.1 Å². The molecule has 25 heavy (non-hydrogen) atoms. The highest BCUT2D eigenvalue weighted by Gasteiger charge is 2.10. The van der Waals surface area contributed by atoms with E-state index in [0.29, 0.717) is 6.54 Å². The quantitative estimate of drug-likeness (QED) is 0.472. The summed E-state index contributed by atoms with van der Waals surface area (Å²) in [6, 6.07) is 6.54. The van der Waals surface area contributed by atoms with Crippen molar-refractivity contribution in [3.8, 4) is 0 Å². The van der Waals surface area contributed by atoms with Gasteiger partial charge in [0.2, 0.25) is 0 Å². The number of nitrogens with one attached hydrogen (secondary N) is 2. The summed E-state index contributed by atoms with van der Waals surface area (Å²) in [5, 5.41) is 11.2. The Bertz CT molecular complexity index is 749. The smallest absolute Gasteiger partial charge is 0.191 e. The third-order valence-electron chi connectivity index (χ3n) is 4.29. The van der Waals surface area contributed by atoms with Crippen molar-refractivity contribution >= 4 is 17.7 Å². The fraction of sp³-hybridized carbons (Fsp3) is 0.474. The number of aryl methyl sites for hydroxylation is 3. The Morgan fingerprint density at radius 3 is 2.60 bits per heavy atom. The zero-order chi connectivity index (χ0) is 18.4. The van der Waals surface area contributed by atoms with Gasteiger partial charge in [-0.2, -0.15) is 5.10 Å². The third-order valence-corrected chi connectivity index (χ3v) is 5.11. The average Bonchev–Trinajstić information content (AvgIpc) is 2.83. The number of aliphatic imine (C=N–C) groups is 1. The fourth-order valence-electron chi connectivity index (χ4n) is 2.73. The van der Waals surface area contributed by atoms with Gasteiger partial charge in [-0.05, 0) is 51.1 Å². The van der Waals surface area contributed by atoms with E-state index in [1.807, 2.05) is 18.7 Å². The van der Waals surface area contributed by atoms with E-state index >= 15 is 0 Å². The first-order valence-electron chi connectivity index (χ1n) is 8.61. The molecule has 0 aliphatic carbocycles. The van der Waals surface area contributed by atoms with Crippen molar-refractivity contribution in [2.24, 2.45) is 12.0 Å². The maximum absolute atomic E-state index is 4.76. The van der Waals surface area contributed by atoms with Gasteiger partial charge in [-0.15, -0.1) is 11.8 Å². The summed E-state index contributed by atoms with van der Waals surface area (Å²) in [7, 11) is 1.98. The van der Waals surface area contributed by atoms with Gasteiger partial charge in [0.25, 0.3) is 0 Å². The van der Waals surface area contributed by atoms with E-state index in [1.54, 1.807) is 11.8 Å². The van der Waals surface area contributed by atoms with Crippen molar-refractivity contribution in [2.75, 3.05) is 12.8 Å². The highest BCUT2D eigenvalue weighted by molar-refractivity contribution is 7.98. The first-order chi connectivity index (χ1) is 12.0. The highest BCUT2D eigenvalue weighted by atomic mass is 32.2. The molecule has 0 atom stereocenters. The second kappa shape index (κ2) is 8.94. The minimum absolute atomic E-state index is 0.663. The van der Waals surface area contributed by atoms with Crippen LogP contribution in [-0.4, -0.2) is 28.5 Å². The first-order valence-corrected chi connectivity index (χ1v) is 9.83. The maximum Gasteiger partial charge on any atom is 0.191 e. The molecule has 136 valence electrons. The van der Waals surface area contributed by atoms with Gasteiger partial charge in [-0.3, -0.25) is 4.68 Å². The van der Waals surface area contributed by atoms with Crippen LogP contribution in [0.4, 0.5) is 0 Å². The summed E-state index contributed by atoms with van der Waals surface area (Å²) >= 11 is 1.77. The molecule has 1 aromatic heterocycles. The van der Waals surface area contributed by atoms with Crippen molar-refractivity contribution in [3.05, 3.63) is 46.3 Å². The first kappa shape index (κ1) is 19.4. The predicted octanol–water partition coefficient (Wildman–Crippen LogP) is 3.32. The lowest BCUT2D eigenvalue weighted by Crippen LogP contribution is -2.37. The Kier molecular flexibility index (Phi) is 6.93. The van der Waals surface area contributed by atoms with Crippen LogP contribution < -0.4 is 10.6 Å². The van der Waals surface area contributed by atoms with Gasteiger partial charge in [0.1, 0.15) is 0 Å². The van der Waals surface area contributed by atoms with Gasteiger partial charge in [0.15, 0.2) is 5.96 Å². The zero-order valence-electron chi connectivity index (χ0n) is 16.1. The van der Waals surface area contributed by atoms with Crippen LogP contribution in [0.3, 0.4) is 0 Å². The predicted molar refractivity (Wildman–Crippen MR) is 107 cm³/mol. The van der Waals surface area contributed by atoms with Crippen LogP contribution in [0, 0.1) is 20.8 Å². The number of aromatic nitrogens is 2. The lowest BCUT2D eigenvalue weighted by molar-refractivity contribution is 0.728. The van der Waals surface area contributed by atoms with Gasteiger partial charge in [-0.25, -0.2) is 4.99 Å². The van der Waals surface area contributed by atoms with Gasteiger partial charge in [-0.1, -0.05) is 12.1 Å². The Labute approximate surface area is 155 Å². The average molecular weight is 360 g/mol. The molecule has 0 fully saturated rings. The van der Waals surface area contributed by atoms with Crippen molar-refractivity contribution in [2.45, 2.75) is 45.7 Å². The van der Waals surface area contributed by atoms with E-state index in [1.165, 1.54) is 27.3 Å². The molecule has 1 heterocycles.